The Bertz CT molecular complexity index is 3060. The van der Waals surface area contributed by atoms with Crippen LogP contribution in [0.15, 0.2) is 66.7 Å². The summed E-state index contributed by atoms with van der Waals surface area (Å²) in [6, 6.07) is 6.51. The first-order valence-corrected chi connectivity index (χ1v) is 29.7. The van der Waals surface area contributed by atoms with Crippen molar-refractivity contribution in [1.29, 1.82) is 0 Å². The van der Waals surface area contributed by atoms with Gasteiger partial charge in [-0.25, -0.2) is 0 Å². The minimum absolute atomic E-state index is 0.0223. The van der Waals surface area contributed by atoms with Gasteiger partial charge in [0.2, 0.25) is 41.4 Å². The van der Waals surface area contributed by atoms with Crippen LogP contribution in [0, 0.1) is 12.8 Å². The van der Waals surface area contributed by atoms with Crippen molar-refractivity contribution in [2.24, 2.45) is 11.7 Å². The average Bonchev–Trinajstić information content (AvgIpc) is 1.93. The first kappa shape index (κ1) is 66.8. The standard InChI is InChI=1S/C59H78N10O17S/c1-30-22-33(10-19-42(30)73)23-43(74)47-54(81)65-48(44(75)26-45(60)76)59(84)69-28-31(2)50(77)49(69)55(82)61-27-37(71)24-40(52(79)63-46(32(3)70)58(83)68-29-38(72)25-41(68)53(80)64-47)62-51(78)34-11-13-35(14-12-34)56-66-67-57(87-56)36-15-17-39(18-16-36)86-21-9-7-5-6-8-20-85-4/h10-19,22,31-32,37-38,40-41,43-44,46-50,70-75,77H,5-9,20-21,23-29H2,1-4H3,(H2,60,76)(H,61,82)(H,62,78)(H,63,79)(H,64,80)(H,65,81). The largest absolute Gasteiger partial charge is 0.508 e. The molecule has 0 spiro atoms. The van der Waals surface area contributed by atoms with Gasteiger partial charge in [0.15, 0.2) is 0 Å². The SMILES string of the molecule is COCCCCCCCOc1ccc(-c2nnc(-c3ccc(C(=O)NC4CC(O)CNC(=O)C5C(O)C(C)CN5C(=O)C(C(O)CC(N)=O)NC(=O)C(C(O)Cc5ccc(O)c(C)c5)NC(=O)C5CC(O)CN5C(=O)C(C(C)O)NC4=O)cc3)s2)cc1. The van der Waals surface area contributed by atoms with Gasteiger partial charge in [-0.05, 0) is 80.3 Å². The molecule has 27 nitrogen and oxygen atoms in total. The molecule has 14 N–H and O–H groups in total. The third kappa shape index (κ3) is 17.5. The molecule has 28 heteroatoms. The number of phenolic OH excluding ortho intramolecular Hbond substituents is 1. The molecule has 4 aromatic rings. The Morgan fingerprint density at radius 2 is 1.34 bits per heavy atom. The number of carbonyl (C=O) groups excluding carboxylic acids is 8. The van der Waals surface area contributed by atoms with E-state index in [2.05, 4.69) is 36.8 Å². The fourth-order valence-corrected chi connectivity index (χ4v) is 11.5. The lowest BCUT2D eigenvalue weighted by molar-refractivity contribution is -0.147. The number of phenols is 1. The summed E-state index contributed by atoms with van der Waals surface area (Å²) in [5.41, 5.74) is 7.54. The number of methoxy groups -OCH3 is 1. The lowest BCUT2D eigenvalue weighted by atomic mass is 9.98. The Morgan fingerprint density at radius 3 is 1.98 bits per heavy atom. The fourth-order valence-electron chi connectivity index (χ4n) is 10.7. The number of rotatable bonds is 20. The van der Waals surface area contributed by atoms with Crippen molar-refractivity contribution in [3.8, 4) is 32.6 Å². The smallest absolute Gasteiger partial charge is 0.251 e. The second kappa shape index (κ2) is 30.8. The zero-order chi connectivity index (χ0) is 63.2. The summed E-state index contributed by atoms with van der Waals surface area (Å²) < 4.78 is 11.0. The summed E-state index contributed by atoms with van der Waals surface area (Å²) in [5, 5.41) is 100. The van der Waals surface area contributed by atoms with E-state index in [1.807, 2.05) is 24.3 Å². The molecule has 1 aromatic heterocycles. The van der Waals surface area contributed by atoms with Gasteiger partial charge >= 0.3 is 0 Å². The molecular weight excluding hydrogens is 1150 g/mol. The van der Waals surface area contributed by atoms with E-state index in [0.717, 1.165) is 66.7 Å². The Labute approximate surface area is 506 Å². The molecular formula is C59H78N10O17S. The zero-order valence-electron chi connectivity index (χ0n) is 48.7. The Balaban J connectivity index is 1.14. The molecule has 3 saturated heterocycles. The van der Waals surface area contributed by atoms with Crippen LogP contribution in [0.1, 0.15) is 86.7 Å². The summed E-state index contributed by atoms with van der Waals surface area (Å²) in [6.07, 6.45) is -7.68. The number of aliphatic hydroxyl groups excluding tert-OH is 6. The molecule has 0 aliphatic carbocycles. The van der Waals surface area contributed by atoms with Crippen LogP contribution >= 0.6 is 11.3 Å². The van der Waals surface area contributed by atoms with Gasteiger partial charge in [-0.1, -0.05) is 61.8 Å². The summed E-state index contributed by atoms with van der Waals surface area (Å²) >= 11 is 1.30. The van der Waals surface area contributed by atoms with Crippen LogP contribution in [0.25, 0.3) is 21.1 Å². The van der Waals surface area contributed by atoms with E-state index in [1.54, 1.807) is 26.2 Å². The normalized spacial score (nSPS) is 25.4. The summed E-state index contributed by atoms with van der Waals surface area (Å²) in [4.78, 5) is 115. The minimum Gasteiger partial charge on any atom is -0.508 e. The highest BCUT2D eigenvalue weighted by molar-refractivity contribution is 7.17. The van der Waals surface area contributed by atoms with E-state index in [0.29, 0.717) is 33.3 Å². The number of aromatic hydroxyl groups is 1. The topological polar surface area (TPSA) is 415 Å². The first-order valence-electron chi connectivity index (χ1n) is 28.9. The van der Waals surface area contributed by atoms with Crippen LogP contribution in [0.2, 0.25) is 0 Å². The number of amides is 8. The molecule has 0 bridgehead atoms. The third-order valence-corrected chi connectivity index (χ3v) is 16.6. The van der Waals surface area contributed by atoms with Crippen LogP contribution in [-0.4, -0.2) is 216 Å². The van der Waals surface area contributed by atoms with Crippen molar-refractivity contribution >= 4 is 58.6 Å². The zero-order valence-corrected chi connectivity index (χ0v) is 49.6. The van der Waals surface area contributed by atoms with E-state index in [9.17, 15) is 74.1 Å². The summed E-state index contributed by atoms with van der Waals surface area (Å²) in [5.74, 6) is -9.24. The molecule has 3 aliphatic rings. The Hall–Kier alpha value is -7.70. The number of aryl methyl sites for hydroxylation is 1. The number of carbonyl (C=O) groups is 8. The van der Waals surface area contributed by atoms with E-state index in [-0.39, 0.29) is 17.9 Å². The van der Waals surface area contributed by atoms with Crippen LogP contribution < -0.4 is 37.1 Å². The highest BCUT2D eigenvalue weighted by Gasteiger charge is 2.50. The second-order valence-electron chi connectivity index (χ2n) is 22.4. The van der Waals surface area contributed by atoms with Crippen molar-refractivity contribution < 1.29 is 83.6 Å². The van der Waals surface area contributed by atoms with Crippen molar-refractivity contribution in [3.63, 3.8) is 0 Å². The van der Waals surface area contributed by atoms with E-state index in [1.165, 1.54) is 48.6 Å². The van der Waals surface area contributed by atoms with E-state index >= 15 is 0 Å². The lowest BCUT2D eigenvalue weighted by Crippen LogP contribution is -2.64. The van der Waals surface area contributed by atoms with E-state index in [4.69, 9.17) is 15.2 Å². The molecule has 7 rings (SSSR count). The number of aromatic nitrogens is 2. The van der Waals surface area contributed by atoms with Crippen molar-refractivity contribution in [3.05, 3.63) is 83.4 Å². The average molecular weight is 1230 g/mol. The van der Waals surface area contributed by atoms with Crippen LogP contribution in [0.5, 0.6) is 11.5 Å². The number of β-amino-alcohol motifs (C(OH)–C–C–N with tert-alkyl or cyclic N) is 1. The Morgan fingerprint density at radius 1 is 0.736 bits per heavy atom. The van der Waals surface area contributed by atoms with Gasteiger partial charge in [-0.15, -0.1) is 10.2 Å². The van der Waals surface area contributed by atoms with Crippen LogP contribution in [0.3, 0.4) is 0 Å². The predicted molar refractivity (Wildman–Crippen MR) is 313 cm³/mol. The van der Waals surface area contributed by atoms with Gasteiger partial charge in [0.05, 0.1) is 49.7 Å². The molecule has 3 fully saturated rings. The molecule has 8 amide bonds. The summed E-state index contributed by atoms with van der Waals surface area (Å²) in [6.45, 7) is 3.94. The first-order chi connectivity index (χ1) is 41.4. The van der Waals surface area contributed by atoms with Gasteiger partial charge in [-0.2, -0.15) is 0 Å². The van der Waals surface area contributed by atoms with Crippen molar-refractivity contribution in [2.75, 3.05) is 40.0 Å². The molecule has 13 unspecified atom stereocenters. The molecule has 4 heterocycles. The number of nitrogens with zero attached hydrogens (tertiary/aromatic N) is 4. The second-order valence-corrected chi connectivity index (χ2v) is 23.4. The molecule has 0 radical (unpaired) electrons. The maximum absolute atomic E-state index is 14.6. The molecule has 3 aliphatic heterocycles. The van der Waals surface area contributed by atoms with Gasteiger partial charge < -0.3 is 87.3 Å². The number of fused-ring (bicyclic) bond motifs is 2. The highest BCUT2D eigenvalue weighted by Crippen LogP contribution is 2.32. The quantitative estimate of drug-likeness (QED) is 0.0457. The van der Waals surface area contributed by atoms with Crippen molar-refractivity contribution in [2.45, 2.75) is 151 Å². The lowest BCUT2D eigenvalue weighted by Gasteiger charge is -2.33. The van der Waals surface area contributed by atoms with Crippen molar-refractivity contribution in [1.82, 2.24) is 46.6 Å². The number of unbranched alkanes of at least 4 members (excludes halogenated alkanes) is 4. The molecule has 3 aromatic carbocycles. The number of aliphatic hydroxyl groups is 6. The maximum atomic E-state index is 14.6. The Kier molecular flexibility index (Phi) is 23.6. The third-order valence-electron chi connectivity index (χ3n) is 15.5. The van der Waals surface area contributed by atoms with Gasteiger partial charge in [0.1, 0.15) is 57.8 Å². The monoisotopic (exact) mass is 1230 g/mol. The molecule has 0 saturated carbocycles. The number of primary amides is 1. The van der Waals surface area contributed by atoms with Crippen LogP contribution in [0.4, 0.5) is 0 Å². The number of ether oxygens (including phenoxy) is 2. The number of hydrogen-bond acceptors (Lipinski definition) is 20. The number of benzene rings is 3. The minimum atomic E-state index is -2.15. The van der Waals surface area contributed by atoms with Gasteiger partial charge in [-0.3, -0.25) is 38.4 Å². The number of hydrogen-bond donors (Lipinski definition) is 13. The molecule has 13 atom stereocenters. The fraction of sp³-hybridized carbons (Fsp3) is 0.525. The number of nitrogens with one attached hydrogen (secondary N) is 5. The molecule has 472 valence electrons. The van der Waals surface area contributed by atoms with Gasteiger partial charge in [0, 0.05) is 75.2 Å². The van der Waals surface area contributed by atoms with E-state index < -0.39 is 165 Å². The van der Waals surface area contributed by atoms with Gasteiger partial charge in [0.25, 0.3) is 5.91 Å². The van der Waals surface area contributed by atoms with Crippen LogP contribution in [-0.2, 0) is 44.7 Å². The highest BCUT2D eigenvalue weighted by atomic mass is 32.1. The summed E-state index contributed by atoms with van der Waals surface area (Å²) in [7, 11) is 1.70. The molecule has 87 heavy (non-hydrogen) atoms. The number of nitrogens with two attached hydrogens (primary N) is 1. The predicted octanol–water partition coefficient (Wildman–Crippen LogP) is -1.31. The maximum Gasteiger partial charge on any atom is 0.251 e.